The molecule has 0 bridgehead atoms. The number of carbonyl (C=O) groups excluding carboxylic acids is 1. The van der Waals surface area contributed by atoms with E-state index < -0.39 is 0 Å². The van der Waals surface area contributed by atoms with Crippen molar-refractivity contribution in [3.8, 4) is 6.07 Å². The first-order valence-electron chi connectivity index (χ1n) is 7.53. The van der Waals surface area contributed by atoms with Gasteiger partial charge < -0.3 is 5.32 Å². The summed E-state index contributed by atoms with van der Waals surface area (Å²) in [6.45, 7) is 3.80. The highest BCUT2D eigenvalue weighted by Gasteiger charge is 2.20. The van der Waals surface area contributed by atoms with Gasteiger partial charge in [-0.15, -0.1) is 11.3 Å². The lowest BCUT2D eigenvalue weighted by Crippen LogP contribution is -2.37. The molecule has 0 fully saturated rings. The van der Waals surface area contributed by atoms with Crippen molar-refractivity contribution in [3.63, 3.8) is 0 Å². The molecule has 0 unspecified atom stereocenters. The standard InChI is InChI=1S/C16H17N5OS/c1-2-14-18-8-12-3-5-21(9-13(12)19-14)10-15(22)20-16-11(7-17)4-6-23-16/h4,6,8H,2-3,5,9-10H2,1H3,(H,20,22). The molecule has 1 N–H and O–H groups in total. The minimum atomic E-state index is -0.0998. The lowest BCUT2D eigenvalue weighted by Gasteiger charge is -2.27. The first-order valence-corrected chi connectivity index (χ1v) is 8.41. The highest BCUT2D eigenvalue weighted by Crippen LogP contribution is 2.22. The molecule has 0 atom stereocenters. The smallest absolute Gasteiger partial charge is 0.239 e. The third-order valence-electron chi connectivity index (χ3n) is 3.80. The summed E-state index contributed by atoms with van der Waals surface area (Å²) in [4.78, 5) is 23.2. The maximum atomic E-state index is 12.2. The second kappa shape index (κ2) is 6.86. The Kier molecular flexibility index (Phi) is 4.65. The van der Waals surface area contributed by atoms with Crippen LogP contribution in [0.3, 0.4) is 0 Å². The molecule has 3 heterocycles. The van der Waals surface area contributed by atoms with Crippen molar-refractivity contribution in [1.82, 2.24) is 14.9 Å². The number of nitriles is 1. The quantitative estimate of drug-likeness (QED) is 0.928. The second-order valence-electron chi connectivity index (χ2n) is 5.40. The molecule has 7 heteroatoms. The van der Waals surface area contributed by atoms with Gasteiger partial charge in [0, 0.05) is 25.7 Å². The van der Waals surface area contributed by atoms with E-state index in [2.05, 4.69) is 26.3 Å². The number of hydrogen-bond acceptors (Lipinski definition) is 6. The van der Waals surface area contributed by atoms with E-state index in [-0.39, 0.29) is 5.91 Å². The average molecular weight is 327 g/mol. The fraction of sp³-hybridized carbons (Fsp3) is 0.375. The summed E-state index contributed by atoms with van der Waals surface area (Å²) < 4.78 is 0. The molecule has 0 saturated carbocycles. The van der Waals surface area contributed by atoms with Crippen LogP contribution in [0.5, 0.6) is 0 Å². The summed E-state index contributed by atoms with van der Waals surface area (Å²) in [7, 11) is 0. The number of amides is 1. The Hall–Kier alpha value is -2.30. The van der Waals surface area contributed by atoms with E-state index in [4.69, 9.17) is 5.26 Å². The Morgan fingerprint density at radius 3 is 3.22 bits per heavy atom. The zero-order valence-electron chi connectivity index (χ0n) is 12.9. The Morgan fingerprint density at radius 2 is 2.43 bits per heavy atom. The van der Waals surface area contributed by atoms with Gasteiger partial charge in [-0.05, 0) is 23.4 Å². The lowest BCUT2D eigenvalue weighted by molar-refractivity contribution is -0.117. The van der Waals surface area contributed by atoms with E-state index in [1.807, 2.05) is 13.1 Å². The number of aryl methyl sites for hydroxylation is 1. The van der Waals surface area contributed by atoms with Gasteiger partial charge in [0.05, 0.1) is 17.8 Å². The van der Waals surface area contributed by atoms with Crippen LogP contribution in [-0.2, 0) is 24.2 Å². The van der Waals surface area contributed by atoms with Crippen molar-refractivity contribution in [2.24, 2.45) is 0 Å². The molecule has 3 rings (SSSR count). The van der Waals surface area contributed by atoms with E-state index in [0.717, 1.165) is 30.9 Å². The van der Waals surface area contributed by atoms with Crippen LogP contribution in [0.25, 0.3) is 0 Å². The topological polar surface area (TPSA) is 81.9 Å². The SMILES string of the molecule is CCc1ncc2c(n1)CN(CC(=O)Nc1sccc1C#N)CC2. The minimum Gasteiger partial charge on any atom is -0.315 e. The number of nitrogens with zero attached hydrogens (tertiary/aromatic N) is 4. The molecular formula is C16H17N5OS. The first-order chi connectivity index (χ1) is 11.2. The summed E-state index contributed by atoms with van der Waals surface area (Å²) >= 11 is 1.36. The zero-order valence-corrected chi connectivity index (χ0v) is 13.7. The Labute approximate surface area is 138 Å². The van der Waals surface area contributed by atoms with Gasteiger partial charge in [-0.1, -0.05) is 6.92 Å². The molecule has 2 aromatic heterocycles. The molecule has 0 saturated heterocycles. The number of anilines is 1. The maximum absolute atomic E-state index is 12.2. The van der Waals surface area contributed by atoms with Gasteiger partial charge in [0.1, 0.15) is 16.9 Å². The monoisotopic (exact) mass is 327 g/mol. The molecule has 0 aromatic carbocycles. The molecule has 0 spiro atoms. The third kappa shape index (κ3) is 3.55. The molecule has 0 radical (unpaired) electrons. The highest BCUT2D eigenvalue weighted by atomic mass is 32.1. The Bertz CT molecular complexity index is 764. The minimum absolute atomic E-state index is 0.0998. The number of thiophene rings is 1. The number of carbonyl (C=O) groups is 1. The fourth-order valence-electron chi connectivity index (χ4n) is 2.57. The van der Waals surface area contributed by atoms with Crippen LogP contribution in [-0.4, -0.2) is 33.9 Å². The number of fused-ring (bicyclic) bond motifs is 1. The summed E-state index contributed by atoms with van der Waals surface area (Å²) in [6, 6.07) is 3.78. The molecule has 23 heavy (non-hydrogen) atoms. The number of nitrogens with one attached hydrogen (secondary N) is 1. The number of aromatic nitrogens is 2. The van der Waals surface area contributed by atoms with Crippen LogP contribution in [0.15, 0.2) is 17.6 Å². The Balaban J connectivity index is 1.63. The molecule has 1 amide bonds. The predicted octanol–water partition coefficient (Wildman–Crippen LogP) is 1.97. The third-order valence-corrected chi connectivity index (χ3v) is 4.63. The van der Waals surface area contributed by atoms with Gasteiger partial charge in [0.25, 0.3) is 0 Å². The molecule has 2 aromatic rings. The van der Waals surface area contributed by atoms with Gasteiger partial charge in [0.15, 0.2) is 0 Å². The largest absolute Gasteiger partial charge is 0.315 e. The van der Waals surface area contributed by atoms with E-state index in [9.17, 15) is 4.79 Å². The van der Waals surface area contributed by atoms with Gasteiger partial charge in [-0.2, -0.15) is 5.26 Å². The van der Waals surface area contributed by atoms with E-state index in [0.29, 0.717) is 23.7 Å². The van der Waals surface area contributed by atoms with Crippen molar-refractivity contribution in [2.75, 3.05) is 18.4 Å². The highest BCUT2D eigenvalue weighted by molar-refractivity contribution is 7.14. The van der Waals surface area contributed by atoms with E-state index in [1.165, 1.54) is 16.9 Å². The van der Waals surface area contributed by atoms with Gasteiger partial charge in [-0.3, -0.25) is 9.69 Å². The van der Waals surface area contributed by atoms with Crippen LogP contribution in [0.4, 0.5) is 5.00 Å². The maximum Gasteiger partial charge on any atom is 0.239 e. The van der Waals surface area contributed by atoms with E-state index >= 15 is 0 Å². The Morgan fingerprint density at radius 1 is 1.57 bits per heavy atom. The van der Waals surface area contributed by atoms with Gasteiger partial charge in [0.2, 0.25) is 5.91 Å². The lowest BCUT2D eigenvalue weighted by atomic mass is 10.1. The zero-order chi connectivity index (χ0) is 16.2. The van der Waals surface area contributed by atoms with E-state index in [1.54, 1.807) is 11.4 Å². The predicted molar refractivity (Wildman–Crippen MR) is 88.1 cm³/mol. The summed E-state index contributed by atoms with van der Waals surface area (Å²) in [5.41, 5.74) is 2.70. The van der Waals surface area contributed by atoms with Crippen molar-refractivity contribution >= 4 is 22.2 Å². The number of rotatable bonds is 4. The van der Waals surface area contributed by atoms with Gasteiger partial charge in [-0.25, -0.2) is 9.97 Å². The molecule has 0 aliphatic carbocycles. The van der Waals surface area contributed by atoms with Crippen LogP contribution in [0, 0.1) is 11.3 Å². The van der Waals surface area contributed by atoms with Crippen molar-refractivity contribution < 1.29 is 4.79 Å². The summed E-state index contributed by atoms with van der Waals surface area (Å²) in [6.07, 6.45) is 3.57. The van der Waals surface area contributed by atoms with Crippen LogP contribution in [0.2, 0.25) is 0 Å². The molecule has 6 nitrogen and oxygen atoms in total. The number of hydrogen-bond donors (Lipinski definition) is 1. The van der Waals surface area contributed by atoms with Crippen LogP contribution >= 0.6 is 11.3 Å². The molecule has 1 aliphatic heterocycles. The van der Waals surface area contributed by atoms with Crippen LogP contribution in [0.1, 0.15) is 29.6 Å². The first kappa shape index (κ1) is 15.6. The van der Waals surface area contributed by atoms with Crippen molar-refractivity contribution in [1.29, 1.82) is 5.26 Å². The second-order valence-corrected chi connectivity index (χ2v) is 6.31. The fourth-order valence-corrected chi connectivity index (χ4v) is 3.32. The van der Waals surface area contributed by atoms with Crippen molar-refractivity contribution in [3.05, 3.63) is 40.3 Å². The van der Waals surface area contributed by atoms with Crippen molar-refractivity contribution in [2.45, 2.75) is 26.3 Å². The van der Waals surface area contributed by atoms with Crippen LogP contribution < -0.4 is 5.32 Å². The normalized spacial score (nSPS) is 14.1. The molecule has 118 valence electrons. The summed E-state index contributed by atoms with van der Waals surface area (Å²) in [5.74, 6) is 0.740. The van der Waals surface area contributed by atoms with Gasteiger partial charge >= 0.3 is 0 Å². The summed E-state index contributed by atoms with van der Waals surface area (Å²) in [5, 5.41) is 14.2. The molecular weight excluding hydrogens is 310 g/mol. The average Bonchev–Trinajstić information content (AvgIpc) is 3.01. The molecule has 1 aliphatic rings.